The van der Waals surface area contributed by atoms with E-state index in [2.05, 4.69) is 43.6 Å². The normalized spacial score (nSPS) is 24.0. The van der Waals surface area contributed by atoms with Gasteiger partial charge in [0.25, 0.3) is 0 Å². The molecule has 2 aromatic rings. The Balaban J connectivity index is 0.000000493. The van der Waals surface area contributed by atoms with E-state index in [1.54, 1.807) is 14.2 Å². The Morgan fingerprint density at radius 1 is 1.07 bits per heavy atom. The van der Waals surface area contributed by atoms with Gasteiger partial charge in [0.15, 0.2) is 11.5 Å². The van der Waals surface area contributed by atoms with E-state index < -0.39 is 12.1 Å². The third-order valence-electron chi connectivity index (χ3n) is 8.18. The third-order valence-corrected chi connectivity index (χ3v) is 8.67. The molecule has 1 heterocycles. The number of urea groups is 1. The van der Waals surface area contributed by atoms with Crippen LogP contribution in [0.1, 0.15) is 44.1 Å². The molecule has 2 saturated carbocycles. The maximum absolute atomic E-state index is 12.8. The molecule has 8 nitrogen and oxygen atoms in total. The van der Waals surface area contributed by atoms with Gasteiger partial charge in [-0.2, -0.15) is 13.2 Å². The molecule has 3 N–H and O–H groups in total. The molecule has 0 aromatic heterocycles. The van der Waals surface area contributed by atoms with Gasteiger partial charge in [-0.25, -0.2) is 9.59 Å². The molecule has 0 bridgehead atoms. The van der Waals surface area contributed by atoms with Crippen molar-refractivity contribution in [3.8, 4) is 11.5 Å². The molecular formula is C29H35BrF3N3O5. The number of halogens is 4. The van der Waals surface area contributed by atoms with Crippen molar-refractivity contribution in [1.82, 2.24) is 10.2 Å². The number of likely N-dealkylation sites (tertiary alicyclic amines) is 1. The molecule has 1 saturated heterocycles. The number of benzene rings is 2. The summed E-state index contributed by atoms with van der Waals surface area (Å²) in [6.07, 6.45) is 1.75. The lowest BCUT2D eigenvalue weighted by atomic mass is 9.65. The van der Waals surface area contributed by atoms with Crippen molar-refractivity contribution in [2.45, 2.75) is 62.2 Å². The van der Waals surface area contributed by atoms with Crippen LogP contribution in [0, 0.1) is 5.92 Å². The van der Waals surface area contributed by atoms with Gasteiger partial charge in [-0.1, -0.05) is 28.1 Å². The SMILES string of the molecule is COc1ccc(C23CCC(NC(=O)Nc4cccc(Br)c4)CC2N(CC2CC2)CC3)cc1OC.O=C(O)C(F)(F)F. The molecule has 2 aromatic carbocycles. The van der Waals surface area contributed by atoms with E-state index in [4.69, 9.17) is 19.4 Å². The van der Waals surface area contributed by atoms with Gasteiger partial charge >= 0.3 is 18.2 Å². The van der Waals surface area contributed by atoms with Gasteiger partial charge in [-0.3, -0.25) is 4.90 Å². The molecule has 224 valence electrons. The van der Waals surface area contributed by atoms with Crippen molar-refractivity contribution in [2.75, 3.05) is 32.6 Å². The van der Waals surface area contributed by atoms with E-state index in [0.717, 1.165) is 59.8 Å². The second-order valence-corrected chi connectivity index (χ2v) is 11.7. The number of alkyl halides is 3. The largest absolute Gasteiger partial charge is 0.493 e. The Bertz CT molecular complexity index is 1240. The summed E-state index contributed by atoms with van der Waals surface area (Å²) in [5.74, 6) is -0.351. The zero-order valence-corrected chi connectivity index (χ0v) is 24.6. The Morgan fingerprint density at radius 3 is 2.39 bits per heavy atom. The van der Waals surface area contributed by atoms with Crippen LogP contribution in [0.3, 0.4) is 0 Å². The van der Waals surface area contributed by atoms with Crippen LogP contribution in [0.5, 0.6) is 11.5 Å². The van der Waals surface area contributed by atoms with E-state index in [9.17, 15) is 18.0 Å². The smallest absolute Gasteiger partial charge is 0.490 e. The molecule has 12 heteroatoms. The number of aliphatic carboxylic acids is 1. The minimum absolute atomic E-state index is 0.0907. The van der Waals surface area contributed by atoms with Crippen LogP contribution in [-0.2, 0) is 10.2 Å². The number of methoxy groups -OCH3 is 2. The summed E-state index contributed by atoms with van der Waals surface area (Å²) in [5.41, 5.74) is 2.22. The standard InChI is InChI=1S/C27H34BrN3O3.C2HF3O2/c1-33-23-9-8-19(14-24(23)34-2)27-11-10-22(16-25(27)31(13-12-27)17-18-6-7-18)30-26(32)29-21-5-3-4-20(28)15-21;3-2(4,5)1(6)7/h3-5,8-9,14-15,18,22,25H,6-7,10-13,16-17H2,1-2H3,(H2,29,30,32);(H,6,7). The molecule has 41 heavy (non-hydrogen) atoms. The first-order chi connectivity index (χ1) is 19.4. The van der Waals surface area contributed by atoms with Crippen molar-refractivity contribution in [1.29, 1.82) is 0 Å². The molecule has 3 aliphatic rings. The number of rotatable bonds is 7. The molecule has 0 radical (unpaired) electrons. The highest BCUT2D eigenvalue weighted by Gasteiger charge is 2.52. The van der Waals surface area contributed by atoms with Gasteiger partial charge in [0.1, 0.15) is 0 Å². The van der Waals surface area contributed by atoms with E-state index in [1.165, 1.54) is 24.9 Å². The average Bonchev–Trinajstić information content (AvgIpc) is 3.68. The predicted molar refractivity (Wildman–Crippen MR) is 152 cm³/mol. The van der Waals surface area contributed by atoms with Gasteiger partial charge in [0.2, 0.25) is 0 Å². The number of amides is 2. The van der Waals surface area contributed by atoms with Crippen molar-refractivity contribution >= 4 is 33.6 Å². The molecule has 3 atom stereocenters. The van der Waals surface area contributed by atoms with Gasteiger partial charge in [0, 0.05) is 34.2 Å². The minimum atomic E-state index is -5.08. The fourth-order valence-electron chi connectivity index (χ4n) is 6.03. The molecule has 3 unspecified atom stereocenters. The van der Waals surface area contributed by atoms with E-state index in [1.807, 2.05) is 30.3 Å². The van der Waals surface area contributed by atoms with Crippen LogP contribution in [0.2, 0.25) is 0 Å². The Kier molecular flexibility index (Phi) is 9.73. The summed E-state index contributed by atoms with van der Waals surface area (Å²) < 4.78 is 43.8. The molecule has 0 spiro atoms. The Morgan fingerprint density at radius 2 is 1.78 bits per heavy atom. The predicted octanol–water partition coefficient (Wildman–Crippen LogP) is 6.20. The van der Waals surface area contributed by atoms with Crippen molar-refractivity contribution in [2.24, 2.45) is 5.92 Å². The molecule has 5 rings (SSSR count). The Hall–Kier alpha value is -2.99. The lowest BCUT2D eigenvalue weighted by molar-refractivity contribution is -0.192. The van der Waals surface area contributed by atoms with Gasteiger partial charge in [0.05, 0.1) is 14.2 Å². The first-order valence-electron chi connectivity index (χ1n) is 13.5. The van der Waals surface area contributed by atoms with Crippen LogP contribution in [0.15, 0.2) is 46.9 Å². The first kappa shape index (κ1) is 31.0. The molecular weight excluding hydrogens is 607 g/mol. The maximum Gasteiger partial charge on any atom is 0.490 e. The number of fused-ring (bicyclic) bond motifs is 1. The minimum Gasteiger partial charge on any atom is -0.493 e. The summed E-state index contributed by atoms with van der Waals surface area (Å²) >= 11 is 3.47. The highest BCUT2D eigenvalue weighted by atomic mass is 79.9. The zero-order chi connectivity index (χ0) is 29.8. The lowest BCUT2D eigenvalue weighted by Gasteiger charge is -2.45. The Labute approximate surface area is 245 Å². The fraction of sp³-hybridized carbons (Fsp3) is 0.517. The fourth-order valence-corrected chi connectivity index (χ4v) is 6.43. The molecule has 2 amide bonds. The van der Waals surface area contributed by atoms with Crippen LogP contribution >= 0.6 is 15.9 Å². The first-order valence-corrected chi connectivity index (χ1v) is 14.3. The van der Waals surface area contributed by atoms with Gasteiger partial charge in [-0.15, -0.1) is 0 Å². The number of carbonyl (C=O) groups excluding carboxylic acids is 1. The zero-order valence-electron chi connectivity index (χ0n) is 23.0. The van der Waals surface area contributed by atoms with Gasteiger partial charge in [-0.05, 0) is 86.9 Å². The molecule has 1 aliphatic heterocycles. The summed E-state index contributed by atoms with van der Waals surface area (Å²) in [7, 11) is 3.39. The highest BCUT2D eigenvalue weighted by Crippen LogP contribution is 2.51. The van der Waals surface area contributed by atoms with E-state index >= 15 is 0 Å². The quantitative estimate of drug-likeness (QED) is 0.333. The highest BCUT2D eigenvalue weighted by molar-refractivity contribution is 9.10. The number of carbonyl (C=O) groups is 2. The van der Waals surface area contributed by atoms with E-state index in [0.29, 0.717) is 6.04 Å². The summed E-state index contributed by atoms with van der Waals surface area (Å²) in [6.45, 7) is 2.29. The van der Waals surface area contributed by atoms with Crippen LogP contribution in [0.25, 0.3) is 0 Å². The second kappa shape index (κ2) is 12.9. The summed E-state index contributed by atoms with van der Waals surface area (Å²) in [4.78, 5) is 24.4. The second-order valence-electron chi connectivity index (χ2n) is 10.8. The number of nitrogens with zero attached hydrogens (tertiary/aromatic N) is 1. The number of hydrogen-bond donors (Lipinski definition) is 3. The van der Waals surface area contributed by atoms with Crippen LogP contribution in [-0.4, -0.2) is 67.6 Å². The monoisotopic (exact) mass is 641 g/mol. The topological polar surface area (TPSA) is 100 Å². The summed E-state index contributed by atoms with van der Waals surface area (Å²) in [6, 6.07) is 14.6. The number of anilines is 1. The lowest BCUT2D eigenvalue weighted by Crippen LogP contribution is -2.53. The maximum atomic E-state index is 12.8. The molecule has 3 fully saturated rings. The summed E-state index contributed by atoms with van der Waals surface area (Å²) in [5, 5.41) is 13.4. The third kappa shape index (κ3) is 7.65. The van der Waals surface area contributed by atoms with Crippen LogP contribution < -0.4 is 20.1 Å². The van der Waals surface area contributed by atoms with Gasteiger partial charge < -0.3 is 25.2 Å². The van der Waals surface area contributed by atoms with Crippen molar-refractivity contribution in [3.63, 3.8) is 0 Å². The number of hydrogen-bond acceptors (Lipinski definition) is 5. The van der Waals surface area contributed by atoms with E-state index in [-0.39, 0.29) is 17.5 Å². The van der Waals surface area contributed by atoms with Crippen LogP contribution in [0.4, 0.5) is 23.7 Å². The van der Waals surface area contributed by atoms with Crippen molar-refractivity contribution < 1.29 is 37.3 Å². The number of carboxylic acid groups (broad SMARTS) is 1. The average molecular weight is 643 g/mol. The van der Waals surface area contributed by atoms with Crippen molar-refractivity contribution in [3.05, 3.63) is 52.5 Å². The number of ether oxygens (including phenoxy) is 2. The number of carboxylic acids is 1. The molecule has 2 aliphatic carbocycles. The number of nitrogens with one attached hydrogen (secondary N) is 2.